The molecule has 164 valence electrons. The van der Waals surface area contributed by atoms with Crippen molar-refractivity contribution in [3.05, 3.63) is 71.4 Å². The van der Waals surface area contributed by atoms with Crippen molar-refractivity contribution < 1.29 is 13.9 Å². The molecule has 6 nitrogen and oxygen atoms in total. The van der Waals surface area contributed by atoms with Crippen LogP contribution in [0.2, 0.25) is 0 Å². The number of aromatic nitrogens is 3. The van der Waals surface area contributed by atoms with Gasteiger partial charge in [0, 0.05) is 24.3 Å². The highest BCUT2D eigenvalue weighted by Gasteiger charge is 2.31. The van der Waals surface area contributed by atoms with Gasteiger partial charge in [-0.1, -0.05) is 0 Å². The Morgan fingerprint density at radius 1 is 1.12 bits per heavy atom. The van der Waals surface area contributed by atoms with Crippen LogP contribution < -0.4 is 5.73 Å². The molecule has 7 heteroatoms. The van der Waals surface area contributed by atoms with Crippen LogP contribution >= 0.6 is 0 Å². The average Bonchev–Trinajstić information content (AvgIpc) is 3.22. The number of rotatable bonds is 5. The Morgan fingerprint density at radius 3 is 2.69 bits per heavy atom. The van der Waals surface area contributed by atoms with Crippen molar-refractivity contribution in [1.82, 2.24) is 15.0 Å². The number of nitrogens with one attached hydrogen (secondary N) is 1. The summed E-state index contributed by atoms with van der Waals surface area (Å²) in [6.07, 6.45) is 5.59. The first-order valence-electron chi connectivity index (χ1n) is 10.9. The van der Waals surface area contributed by atoms with Gasteiger partial charge in [-0.2, -0.15) is 0 Å². The van der Waals surface area contributed by atoms with E-state index in [9.17, 15) is 9.18 Å². The van der Waals surface area contributed by atoms with Crippen molar-refractivity contribution in [2.24, 2.45) is 11.7 Å². The molecule has 1 aliphatic rings. The fourth-order valence-corrected chi connectivity index (χ4v) is 5.07. The quantitative estimate of drug-likeness (QED) is 0.463. The number of imidazole rings is 1. The second kappa shape index (κ2) is 8.31. The third kappa shape index (κ3) is 3.73. The summed E-state index contributed by atoms with van der Waals surface area (Å²) in [5, 5.41) is 0.904. The van der Waals surface area contributed by atoms with Gasteiger partial charge in [-0.05, 0) is 85.5 Å². The molecule has 2 aromatic heterocycles. The summed E-state index contributed by atoms with van der Waals surface area (Å²) in [7, 11) is 1.71. The first-order chi connectivity index (χ1) is 15.5. The lowest BCUT2D eigenvalue weighted by Crippen LogP contribution is -2.22. The van der Waals surface area contributed by atoms with E-state index in [4.69, 9.17) is 15.5 Å². The zero-order valence-electron chi connectivity index (χ0n) is 17.8. The maximum absolute atomic E-state index is 13.9. The van der Waals surface area contributed by atoms with Gasteiger partial charge in [-0.25, -0.2) is 9.37 Å². The van der Waals surface area contributed by atoms with Gasteiger partial charge < -0.3 is 15.5 Å². The molecule has 0 bridgehead atoms. The predicted molar refractivity (Wildman–Crippen MR) is 121 cm³/mol. The minimum atomic E-state index is -0.471. The summed E-state index contributed by atoms with van der Waals surface area (Å²) in [4.78, 5) is 23.9. The summed E-state index contributed by atoms with van der Waals surface area (Å²) in [6, 6.07) is 12.0. The number of carbonyl (C=O) groups excluding carboxylic acids is 1. The van der Waals surface area contributed by atoms with Crippen LogP contribution in [-0.4, -0.2) is 28.0 Å². The minimum absolute atomic E-state index is 0.160. The molecule has 0 spiro atoms. The van der Waals surface area contributed by atoms with Gasteiger partial charge in [0.25, 0.3) is 0 Å². The van der Waals surface area contributed by atoms with E-state index in [1.807, 2.05) is 18.3 Å². The third-order valence-corrected chi connectivity index (χ3v) is 6.69. The van der Waals surface area contributed by atoms with Crippen LogP contribution in [0.15, 0.2) is 48.7 Å². The number of halogens is 1. The van der Waals surface area contributed by atoms with Crippen LogP contribution in [0, 0.1) is 11.7 Å². The molecule has 0 saturated heterocycles. The Kier molecular flexibility index (Phi) is 5.35. The number of hydrogen-bond acceptors (Lipinski definition) is 4. The number of aromatic amines is 1. The summed E-state index contributed by atoms with van der Waals surface area (Å²) in [5.74, 6) is 0.747. The van der Waals surface area contributed by atoms with Crippen LogP contribution in [0.3, 0.4) is 0 Å². The molecule has 2 heterocycles. The third-order valence-electron chi connectivity index (χ3n) is 6.69. The van der Waals surface area contributed by atoms with E-state index in [0.29, 0.717) is 22.9 Å². The number of fused-ring (bicyclic) bond motifs is 2. The number of amides is 1. The molecule has 5 rings (SSSR count). The predicted octanol–water partition coefficient (Wildman–Crippen LogP) is 5.01. The van der Waals surface area contributed by atoms with Gasteiger partial charge in [-0.15, -0.1) is 0 Å². The van der Waals surface area contributed by atoms with Gasteiger partial charge in [-0.3, -0.25) is 9.78 Å². The summed E-state index contributed by atoms with van der Waals surface area (Å²) in [5.41, 5.74) is 9.39. The number of H-pyrrole nitrogens is 1. The standard InChI is InChI=1S/C25H25FN4O2/c1-32-23(25-29-21-8-6-16(24(27)31)12-22(21)30-25)15-4-2-14(3-5-15)18-10-11-28-20-9-7-17(26)13-19(18)20/h6-15,23H,2-5H2,1H3,(H2,27,31)(H,29,30)/t14-,15+,23-/m1/s1. The van der Waals surface area contributed by atoms with E-state index >= 15 is 0 Å². The first kappa shape index (κ1) is 20.6. The van der Waals surface area contributed by atoms with Crippen LogP contribution in [0.25, 0.3) is 21.9 Å². The van der Waals surface area contributed by atoms with E-state index in [1.54, 1.807) is 31.4 Å². The maximum Gasteiger partial charge on any atom is 0.248 e. The van der Waals surface area contributed by atoms with E-state index < -0.39 is 5.91 Å². The molecule has 1 saturated carbocycles. The Hall–Kier alpha value is -3.32. The number of benzene rings is 2. The van der Waals surface area contributed by atoms with Gasteiger partial charge in [0.15, 0.2) is 0 Å². The second-order valence-corrected chi connectivity index (χ2v) is 8.55. The number of pyridine rings is 1. The smallest absolute Gasteiger partial charge is 0.248 e. The van der Waals surface area contributed by atoms with Crippen molar-refractivity contribution in [2.45, 2.75) is 37.7 Å². The number of ether oxygens (including phenoxy) is 1. The SMILES string of the molecule is CO[C@@H](c1nc2cc(C(N)=O)ccc2[nH]1)[C@H]1CC[C@@H](c2ccnc3ccc(F)cc32)CC1. The minimum Gasteiger partial charge on any atom is -0.373 e. The molecule has 1 aliphatic carbocycles. The summed E-state index contributed by atoms with van der Waals surface area (Å²) >= 11 is 0. The van der Waals surface area contributed by atoms with Crippen molar-refractivity contribution in [3.63, 3.8) is 0 Å². The van der Waals surface area contributed by atoms with Crippen LogP contribution in [0.4, 0.5) is 4.39 Å². The molecular formula is C25H25FN4O2. The van der Waals surface area contributed by atoms with E-state index in [0.717, 1.165) is 47.9 Å². The van der Waals surface area contributed by atoms with Crippen LogP contribution in [-0.2, 0) is 4.74 Å². The Bertz CT molecular complexity index is 1290. The van der Waals surface area contributed by atoms with Crippen LogP contribution in [0.5, 0.6) is 0 Å². The van der Waals surface area contributed by atoms with Gasteiger partial charge in [0.2, 0.25) is 5.91 Å². The zero-order valence-corrected chi connectivity index (χ0v) is 17.8. The van der Waals surface area contributed by atoms with E-state index in [2.05, 4.69) is 9.97 Å². The van der Waals surface area contributed by atoms with Crippen molar-refractivity contribution in [3.8, 4) is 0 Å². The number of nitrogens with zero attached hydrogens (tertiary/aromatic N) is 2. The molecule has 2 aromatic carbocycles. The topological polar surface area (TPSA) is 93.9 Å². The molecule has 3 N–H and O–H groups in total. The number of primary amides is 1. The number of methoxy groups -OCH3 is 1. The van der Waals surface area contributed by atoms with Crippen molar-refractivity contribution in [2.75, 3.05) is 7.11 Å². The molecule has 0 radical (unpaired) electrons. The molecule has 1 amide bonds. The lowest BCUT2D eigenvalue weighted by atomic mass is 9.76. The zero-order chi connectivity index (χ0) is 22.2. The van der Waals surface area contributed by atoms with Crippen molar-refractivity contribution in [1.29, 1.82) is 0 Å². The fourth-order valence-electron chi connectivity index (χ4n) is 5.07. The number of nitrogens with two attached hydrogens (primary N) is 1. The monoisotopic (exact) mass is 432 g/mol. The lowest BCUT2D eigenvalue weighted by molar-refractivity contribution is 0.0274. The Morgan fingerprint density at radius 2 is 1.94 bits per heavy atom. The Labute approximate surface area is 185 Å². The highest BCUT2D eigenvalue weighted by atomic mass is 19.1. The maximum atomic E-state index is 13.9. The van der Waals surface area contributed by atoms with Gasteiger partial charge in [0.05, 0.1) is 16.6 Å². The molecule has 4 aromatic rings. The highest BCUT2D eigenvalue weighted by Crippen LogP contribution is 2.43. The molecule has 1 atom stereocenters. The first-order valence-corrected chi connectivity index (χ1v) is 10.9. The number of carbonyl (C=O) groups is 1. The van der Waals surface area contributed by atoms with E-state index in [1.165, 1.54) is 11.6 Å². The molecule has 1 fully saturated rings. The average molecular weight is 432 g/mol. The second-order valence-electron chi connectivity index (χ2n) is 8.55. The molecule has 0 aliphatic heterocycles. The highest BCUT2D eigenvalue weighted by molar-refractivity contribution is 5.96. The Balaban J connectivity index is 1.36. The van der Waals surface area contributed by atoms with Crippen molar-refractivity contribution >= 4 is 27.8 Å². The largest absolute Gasteiger partial charge is 0.373 e. The summed E-state index contributed by atoms with van der Waals surface area (Å²) in [6.45, 7) is 0. The molecular weight excluding hydrogens is 407 g/mol. The van der Waals surface area contributed by atoms with Gasteiger partial charge >= 0.3 is 0 Å². The molecule has 0 unspecified atom stereocenters. The summed E-state index contributed by atoms with van der Waals surface area (Å²) < 4.78 is 19.7. The van der Waals surface area contributed by atoms with E-state index in [-0.39, 0.29) is 11.9 Å². The number of hydrogen-bond donors (Lipinski definition) is 2. The fraction of sp³-hybridized carbons (Fsp3) is 0.320. The van der Waals surface area contributed by atoms with Gasteiger partial charge in [0.1, 0.15) is 17.7 Å². The molecule has 32 heavy (non-hydrogen) atoms. The lowest BCUT2D eigenvalue weighted by Gasteiger charge is -2.33. The van der Waals surface area contributed by atoms with Crippen LogP contribution in [0.1, 0.15) is 59.5 Å². The normalized spacial score (nSPS) is 19.9.